The Hall–Kier alpha value is -0.0800. The molecule has 1 unspecified atom stereocenters. The van der Waals surface area contributed by atoms with Crippen LogP contribution in [0.15, 0.2) is 0 Å². The Morgan fingerprint density at radius 1 is 1.50 bits per heavy atom. The Balaban J connectivity index is 2.45. The molecular weight excluding hydrogens is 150 g/mol. The fourth-order valence-corrected chi connectivity index (χ4v) is 2.54. The molecule has 1 aliphatic rings. The second-order valence-electron chi connectivity index (χ2n) is 4.35. The van der Waals surface area contributed by atoms with E-state index in [0.717, 1.165) is 13.2 Å². The van der Waals surface area contributed by atoms with Gasteiger partial charge in [-0.2, -0.15) is 0 Å². The fourth-order valence-electron chi connectivity index (χ4n) is 2.54. The smallest absolute Gasteiger partial charge is 0.0583 e. The van der Waals surface area contributed by atoms with Crippen molar-refractivity contribution < 1.29 is 4.74 Å². The first-order chi connectivity index (χ1) is 5.55. The van der Waals surface area contributed by atoms with E-state index in [-0.39, 0.29) is 0 Å². The fraction of sp³-hybridized carbons (Fsp3) is 1.00. The molecular formula is C10H21NO. The van der Waals surface area contributed by atoms with E-state index in [2.05, 4.69) is 20.8 Å². The molecule has 0 bridgehead atoms. The van der Waals surface area contributed by atoms with Crippen LogP contribution in [0.3, 0.4) is 0 Å². The molecule has 0 spiro atoms. The zero-order valence-electron chi connectivity index (χ0n) is 8.63. The maximum atomic E-state index is 5.68. The van der Waals surface area contributed by atoms with Gasteiger partial charge in [-0.25, -0.2) is 0 Å². The third-order valence-electron chi connectivity index (χ3n) is 3.33. The first-order valence-electron chi connectivity index (χ1n) is 4.87. The third kappa shape index (κ3) is 1.50. The van der Waals surface area contributed by atoms with Crippen LogP contribution < -0.4 is 5.73 Å². The molecule has 3 atom stereocenters. The highest BCUT2D eigenvalue weighted by atomic mass is 16.5. The van der Waals surface area contributed by atoms with Gasteiger partial charge >= 0.3 is 0 Å². The number of hydrogen-bond acceptors (Lipinski definition) is 2. The van der Waals surface area contributed by atoms with E-state index in [1.54, 1.807) is 0 Å². The summed E-state index contributed by atoms with van der Waals surface area (Å²) in [5.41, 5.74) is 6.08. The predicted molar refractivity (Wildman–Crippen MR) is 50.9 cm³/mol. The van der Waals surface area contributed by atoms with Crippen LogP contribution >= 0.6 is 0 Å². The monoisotopic (exact) mass is 171 g/mol. The second-order valence-corrected chi connectivity index (χ2v) is 4.35. The van der Waals surface area contributed by atoms with Gasteiger partial charge in [0.1, 0.15) is 0 Å². The zero-order valence-corrected chi connectivity index (χ0v) is 8.63. The highest BCUT2D eigenvalue weighted by Crippen LogP contribution is 2.59. The van der Waals surface area contributed by atoms with Crippen molar-refractivity contribution in [1.82, 2.24) is 0 Å². The Morgan fingerprint density at radius 2 is 2.08 bits per heavy atom. The molecule has 0 heterocycles. The van der Waals surface area contributed by atoms with Crippen molar-refractivity contribution in [2.45, 2.75) is 33.8 Å². The Labute approximate surface area is 75.5 Å². The van der Waals surface area contributed by atoms with Crippen LogP contribution in [0.1, 0.15) is 27.7 Å². The number of rotatable bonds is 4. The first-order valence-corrected chi connectivity index (χ1v) is 4.87. The van der Waals surface area contributed by atoms with Crippen LogP contribution in [-0.4, -0.2) is 19.3 Å². The lowest BCUT2D eigenvalue weighted by molar-refractivity contribution is 0.0503. The van der Waals surface area contributed by atoms with Crippen LogP contribution in [0, 0.1) is 17.3 Å². The van der Waals surface area contributed by atoms with Gasteiger partial charge in [0.15, 0.2) is 0 Å². The molecule has 1 aliphatic carbocycles. The molecule has 12 heavy (non-hydrogen) atoms. The maximum absolute atomic E-state index is 5.68. The lowest BCUT2D eigenvalue weighted by Gasteiger charge is -2.12. The highest BCUT2D eigenvalue weighted by molar-refractivity contribution is 5.07. The standard InChI is InChI=1S/C10H21NO/c1-5-12-7(2)9-8(6-11)10(9,3)4/h7-9H,5-6,11H2,1-4H3/t7?,8-,9-/m0/s1. The molecule has 1 saturated carbocycles. The molecule has 0 amide bonds. The molecule has 0 aliphatic heterocycles. The lowest BCUT2D eigenvalue weighted by Crippen LogP contribution is -2.15. The van der Waals surface area contributed by atoms with E-state index < -0.39 is 0 Å². The van der Waals surface area contributed by atoms with Crippen molar-refractivity contribution in [3.05, 3.63) is 0 Å². The van der Waals surface area contributed by atoms with Crippen LogP contribution in [-0.2, 0) is 4.74 Å². The number of hydrogen-bond donors (Lipinski definition) is 1. The SMILES string of the molecule is CCOC(C)[C@H]1[C@H](CN)C1(C)C. The largest absolute Gasteiger partial charge is 0.378 e. The van der Waals surface area contributed by atoms with Crippen LogP contribution in [0.5, 0.6) is 0 Å². The first kappa shape index (κ1) is 10.0. The Bertz CT molecular complexity index is 156. The summed E-state index contributed by atoms with van der Waals surface area (Å²) in [4.78, 5) is 0. The van der Waals surface area contributed by atoms with Gasteiger partial charge in [-0.15, -0.1) is 0 Å². The minimum atomic E-state index is 0.374. The summed E-state index contributed by atoms with van der Waals surface area (Å²) in [5.74, 6) is 1.33. The van der Waals surface area contributed by atoms with E-state index in [4.69, 9.17) is 10.5 Å². The van der Waals surface area contributed by atoms with E-state index in [0.29, 0.717) is 23.4 Å². The molecule has 0 aromatic carbocycles. The van der Waals surface area contributed by atoms with Crippen molar-refractivity contribution in [2.24, 2.45) is 23.0 Å². The summed E-state index contributed by atoms with van der Waals surface area (Å²) < 4.78 is 5.58. The topological polar surface area (TPSA) is 35.2 Å². The lowest BCUT2D eigenvalue weighted by atomic mass is 10.1. The normalized spacial score (nSPS) is 34.8. The van der Waals surface area contributed by atoms with Gasteiger partial charge in [-0.3, -0.25) is 0 Å². The summed E-state index contributed by atoms with van der Waals surface area (Å²) in [6.45, 7) is 10.4. The molecule has 2 heteroatoms. The molecule has 2 nitrogen and oxygen atoms in total. The summed E-state index contributed by atoms with van der Waals surface area (Å²) in [6, 6.07) is 0. The van der Waals surface area contributed by atoms with E-state index >= 15 is 0 Å². The van der Waals surface area contributed by atoms with Gasteiger partial charge in [0.25, 0.3) is 0 Å². The molecule has 0 saturated heterocycles. The van der Waals surface area contributed by atoms with E-state index in [9.17, 15) is 0 Å². The Morgan fingerprint density at radius 3 is 2.42 bits per heavy atom. The molecule has 1 rings (SSSR count). The minimum Gasteiger partial charge on any atom is -0.378 e. The second kappa shape index (κ2) is 3.35. The highest BCUT2D eigenvalue weighted by Gasteiger charge is 2.59. The van der Waals surface area contributed by atoms with Crippen LogP contribution in [0.2, 0.25) is 0 Å². The van der Waals surface area contributed by atoms with Crippen molar-refractivity contribution in [1.29, 1.82) is 0 Å². The van der Waals surface area contributed by atoms with Crippen LogP contribution in [0.4, 0.5) is 0 Å². The van der Waals surface area contributed by atoms with Gasteiger partial charge in [-0.1, -0.05) is 13.8 Å². The summed E-state index contributed by atoms with van der Waals surface area (Å²) in [5, 5.41) is 0. The van der Waals surface area contributed by atoms with Crippen molar-refractivity contribution in [2.75, 3.05) is 13.2 Å². The van der Waals surface area contributed by atoms with E-state index in [1.807, 2.05) is 6.92 Å². The maximum Gasteiger partial charge on any atom is 0.0583 e. The Kier molecular flexibility index (Phi) is 2.79. The van der Waals surface area contributed by atoms with Gasteiger partial charge in [0, 0.05) is 6.61 Å². The van der Waals surface area contributed by atoms with Crippen LogP contribution in [0.25, 0.3) is 0 Å². The van der Waals surface area contributed by atoms with E-state index in [1.165, 1.54) is 0 Å². The average Bonchev–Trinajstić information content (AvgIpc) is 2.53. The molecule has 0 radical (unpaired) electrons. The van der Waals surface area contributed by atoms with Crippen molar-refractivity contribution >= 4 is 0 Å². The van der Waals surface area contributed by atoms with Gasteiger partial charge in [0.2, 0.25) is 0 Å². The number of nitrogens with two attached hydrogens (primary N) is 1. The van der Waals surface area contributed by atoms with Crippen molar-refractivity contribution in [3.8, 4) is 0 Å². The quantitative estimate of drug-likeness (QED) is 0.698. The zero-order chi connectivity index (χ0) is 9.35. The van der Waals surface area contributed by atoms with Gasteiger partial charge in [-0.05, 0) is 37.6 Å². The van der Waals surface area contributed by atoms with Crippen molar-refractivity contribution in [3.63, 3.8) is 0 Å². The number of ether oxygens (including phenoxy) is 1. The molecule has 1 fully saturated rings. The average molecular weight is 171 g/mol. The summed E-state index contributed by atoms with van der Waals surface area (Å²) >= 11 is 0. The summed E-state index contributed by atoms with van der Waals surface area (Å²) in [7, 11) is 0. The minimum absolute atomic E-state index is 0.374. The summed E-state index contributed by atoms with van der Waals surface area (Å²) in [6.07, 6.45) is 0.374. The van der Waals surface area contributed by atoms with Gasteiger partial charge in [0.05, 0.1) is 6.10 Å². The third-order valence-corrected chi connectivity index (χ3v) is 3.33. The molecule has 72 valence electrons. The molecule has 0 aromatic heterocycles. The molecule has 0 aromatic rings. The molecule has 2 N–H and O–H groups in total. The predicted octanol–water partition coefficient (Wildman–Crippen LogP) is 1.64. The van der Waals surface area contributed by atoms with Gasteiger partial charge < -0.3 is 10.5 Å².